The standard InChI is InChI=1S/C30H45Br2NO4/c1-2-3-4-5-6-7-8-9-10-11-12-13-14-15-16-17-18-19-27(35)33-21-20-30(37,29(33)36)24-22-25(31)28(32)26(34)23-24/h12-13,22-23,34,37H,2-11,14-21H2,1H3/t30-/m1/s1. The fourth-order valence-electron chi connectivity index (χ4n) is 4.86. The average molecular weight is 644 g/mol. The third kappa shape index (κ3) is 10.5. The molecule has 0 aromatic heterocycles. The Morgan fingerprint density at radius 2 is 1.46 bits per heavy atom. The van der Waals surface area contributed by atoms with Gasteiger partial charge in [-0.2, -0.15) is 0 Å². The Morgan fingerprint density at radius 1 is 0.919 bits per heavy atom. The summed E-state index contributed by atoms with van der Waals surface area (Å²) in [5.74, 6) is -0.917. The zero-order chi connectivity index (χ0) is 27.1. The van der Waals surface area contributed by atoms with Gasteiger partial charge in [-0.05, 0) is 81.7 Å². The van der Waals surface area contributed by atoms with Gasteiger partial charge in [-0.3, -0.25) is 14.5 Å². The lowest BCUT2D eigenvalue weighted by Gasteiger charge is -2.23. The molecule has 0 spiro atoms. The normalized spacial score (nSPS) is 17.8. The van der Waals surface area contributed by atoms with E-state index < -0.39 is 11.5 Å². The van der Waals surface area contributed by atoms with E-state index in [-0.39, 0.29) is 30.2 Å². The SMILES string of the molecule is CCCCCCCCCCCC=CCCCCCCC(=O)N1CC[C@@](O)(c2cc(O)c(Br)c(Br)c2)C1=O. The van der Waals surface area contributed by atoms with Gasteiger partial charge in [0.05, 0.1) is 4.47 Å². The monoisotopic (exact) mass is 641 g/mol. The van der Waals surface area contributed by atoms with E-state index in [4.69, 9.17) is 0 Å². The summed E-state index contributed by atoms with van der Waals surface area (Å²) < 4.78 is 0.986. The molecule has 0 bridgehead atoms. The number of carbonyl (C=O) groups is 2. The van der Waals surface area contributed by atoms with Crippen LogP contribution in [0.25, 0.3) is 0 Å². The minimum atomic E-state index is -1.79. The fourth-order valence-corrected chi connectivity index (χ4v) is 5.54. The maximum atomic E-state index is 12.9. The van der Waals surface area contributed by atoms with E-state index in [1.54, 1.807) is 6.07 Å². The number of hydrogen-bond acceptors (Lipinski definition) is 4. The molecule has 208 valence electrons. The maximum absolute atomic E-state index is 12.9. The number of carbonyl (C=O) groups excluding carboxylic acids is 2. The average Bonchev–Trinajstić information content (AvgIpc) is 3.19. The highest BCUT2D eigenvalue weighted by atomic mass is 79.9. The van der Waals surface area contributed by atoms with Crippen LogP contribution in [0.5, 0.6) is 5.75 Å². The van der Waals surface area contributed by atoms with Crippen molar-refractivity contribution in [2.24, 2.45) is 0 Å². The van der Waals surface area contributed by atoms with Crippen LogP contribution in [0.3, 0.4) is 0 Å². The molecule has 1 fully saturated rings. The second-order valence-corrected chi connectivity index (χ2v) is 11.9. The largest absolute Gasteiger partial charge is 0.507 e. The van der Waals surface area contributed by atoms with Crippen LogP contribution in [-0.2, 0) is 15.2 Å². The first-order valence-electron chi connectivity index (χ1n) is 14.2. The minimum Gasteiger partial charge on any atom is -0.507 e. The molecule has 0 aliphatic carbocycles. The molecule has 7 heteroatoms. The number of phenolic OH excluding ortho intramolecular Hbond substituents is 1. The number of aliphatic hydroxyl groups is 1. The molecule has 1 atom stereocenters. The lowest BCUT2D eigenvalue weighted by molar-refractivity contribution is -0.151. The molecule has 0 radical (unpaired) electrons. The summed E-state index contributed by atoms with van der Waals surface area (Å²) in [6, 6.07) is 2.96. The molecule has 1 saturated heterocycles. The highest BCUT2D eigenvalue weighted by molar-refractivity contribution is 9.13. The molecule has 1 aliphatic heterocycles. The lowest BCUT2D eigenvalue weighted by atomic mass is 9.92. The van der Waals surface area contributed by atoms with Crippen molar-refractivity contribution in [3.05, 3.63) is 38.8 Å². The molecule has 0 saturated carbocycles. The Hall–Kier alpha value is -1.18. The van der Waals surface area contributed by atoms with Gasteiger partial charge in [0.15, 0.2) is 5.60 Å². The smallest absolute Gasteiger partial charge is 0.265 e. The lowest BCUT2D eigenvalue weighted by Crippen LogP contribution is -2.40. The number of imide groups is 1. The van der Waals surface area contributed by atoms with E-state index in [1.165, 1.54) is 75.2 Å². The van der Waals surface area contributed by atoms with Crippen LogP contribution in [0.4, 0.5) is 0 Å². The predicted octanol–water partition coefficient (Wildman–Crippen LogP) is 8.68. The maximum Gasteiger partial charge on any atom is 0.265 e. The second-order valence-electron chi connectivity index (χ2n) is 10.3. The van der Waals surface area contributed by atoms with E-state index in [2.05, 4.69) is 50.9 Å². The second kappa shape index (κ2) is 17.4. The Balaban J connectivity index is 1.54. The molecule has 1 aromatic rings. The van der Waals surface area contributed by atoms with Crippen molar-refractivity contribution in [3.8, 4) is 5.75 Å². The molecule has 0 unspecified atom stereocenters. The molecule has 5 nitrogen and oxygen atoms in total. The Morgan fingerprint density at radius 3 is 2.03 bits per heavy atom. The molecule has 37 heavy (non-hydrogen) atoms. The molecular formula is C30H45Br2NO4. The summed E-state index contributed by atoms with van der Waals surface area (Å²) in [6.45, 7) is 2.45. The van der Waals surface area contributed by atoms with Crippen LogP contribution in [0.1, 0.15) is 122 Å². The number of halogens is 2. The topological polar surface area (TPSA) is 77.8 Å². The minimum absolute atomic E-state index is 0.0753. The van der Waals surface area contributed by atoms with E-state index in [9.17, 15) is 19.8 Å². The number of allylic oxidation sites excluding steroid dienone is 2. The summed E-state index contributed by atoms with van der Waals surface area (Å²) in [4.78, 5) is 26.7. The third-order valence-corrected chi connectivity index (χ3v) is 9.23. The van der Waals surface area contributed by atoms with Crippen LogP contribution in [0.2, 0.25) is 0 Å². The van der Waals surface area contributed by atoms with Crippen molar-refractivity contribution < 1.29 is 19.8 Å². The van der Waals surface area contributed by atoms with Crippen molar-refractivity contribution in [2.45, 2.75) is 122 Å². The molecule has 2 amide bonds. The van der Waals surface area contributed by atoms with E-state index in [0.717, 1.165) is 32.1 Å². The summed E-state index contributed by atoms with van der Waals surface area (Å²) >= 11 is 6.55. The number of unbranched alkanes of at least 4 members (excludes halogenated alkanes) is 13. The third-order valence-electron chi connectivity index (χ3n) is 7.24. The van der Waals surface area contributed by atoms with Crippen LogP contribution < -0.4 is 0 Å². The molecule has 1 aromatic carbocycles. The highest BCUT2D eigenvalue weighted by Crippen LogP contribution is 2.40. The summed E-state index contributed by atoms with van der Waals surface area (Å²) in [6.07, 6.45) is 23.5. The summed E-state index contributed by atoms with van der Waals surface area (Å²) in [5, 5.41) is 21.1. The van der Waals surface area contributed by atoms with Gasteiger partial charge in [0.2, 0.25) is 5.91 Å². The van der Waals surface area contributed by atoms with Crippen LogP contribution in [0.15, 0.2) is 33.2 Å². The number of likely N-dealkylation sites (tertiary alicyclic amines) is 1. The van der Waals surface area contributed by atoms with Crippen molar-refractivity contribution >= 4 is 43.7 Å². The van der Waals surface area contributed by atoms with Crippen LogP contribution in [0, 0.1) is 0 Å². The molecular weight excluding hydrogens is 598 g/mol. The number of hydrogen-bond donors (Lipinski definition) is 2. The number of amides is 2. The highest BCUT2D eigenvalue weighted by Gasteiger charge is 2.48. The predicted molar refractivity (Wildman–Crippen MR) is 157 cm³/mol. The molecule has 2 N–H and O–H groups in total. The van der Waals surface area contributed by atoms with Gasteiger partial charge in [0.25, 0.3) is 5.91 Å². The molecule has 2 rings (SSSR count). The van der Waals surface area contributed by atoms with E-state index in [0.29, 0.717) is 15.4 Å². The van der Waals surface area contributed by atoms with Gasteiger partial charge >= 0.3 is 0 Å². The van der Waals surface area contributed by atoms with E-state index in [1.807, 2.05) is 0 Å². The zero-order valence-electron chi connectivity index (χ0n) is 22.5. The number of benzene rings is 1. The molecule has 1 aliphatic rings. The molecule has 1 heterocycles. The Bertz CT molecular complexity index is 865. The zero-order valence-corrected chi connectivity index (χ0v) is 25.6. The van der Waals surface area contributed by atoms with Gasteiger partial charge in [-0.1, -0.05) is 83.3 Å². The number of nitrogens with zero attached hydrogens (tertiary/aromatic N) is 1. The first-order valence-corrected chi connectivity index (χ1v) is 15.8. The van der Waals surface area contributed by atoms with Gasteiger partial charge in [-0.25, -0.2) is 0 Å². The van der Waals surface area contributed by atoms with Crippen molar-refractivity contribution in [1.82, 2.24) is 4.90 Å². The van der Waals surface area contributed by atoms with Gasteiger partial charge < -0.3 is 10.2 Å². The fraction of sp³-hybridized carbons (Fsp3) is 0.667. The van der Waals surface area contributed by atoms with Crippen LogP contribution in [-0.4, -0.2) is 33.5 Å². The quantitative estimate of drug-likeness (QED) is 0.124. The summed E-state index contributed by atoms with van der Waals surface area (Å²) in [7, 11) is 0. The van der Waals surface area contributed by atoms with Crippen molar-refractivity contribution in [1.29, 1.82) is 0 Å². The Kier molecular flexibility index (Phi) is 15.1. The Labute approximate surface area is 240 Å². The number of aromatic hydroxyl groups is 1. The van der Waals surface area contributed by atoms with Gasteiger partial charge in [0, 0.05) is 23.9 Å². The number of rotatable bonds is 18. The first kappa shape index (κ1) is 32.0. The summed E-state index contributed by atoms with van der Waals surface area (Å²) in [5.41, 5.74) is -1.51. The van der Waals surface area contributed by atoms with Crippen LogP contribution >= 0.6 is 31.9 Å². The van der Waals surface area contributed by atoms with Gasteiger partial charge in [0.1, 0.15) is 5.75 Å². The number of phenols is 1. The van der Waals surface area contributed by atoms with Crippen molar-refractivity contribution in [3.63, 3.8) is 0 Å². The van der Waals surface area contributed by atoms with Gasteiger partial charge in [-0.15, -0.1) is 0 Å². The van der Waals surface area contributed by atoms with Crippen molar-refractivity contribution in [2.75, 3.05) is 6.54 Å². The first-order chi connectivity index (χ1) is 17.8. The van der Waals surface area contributed by atoms with E-state index >= 15 is 0 Å².